The normalized spacial score (nSPS) is 19.2. The Morgan fingerprint density at radius 3 is 2.35 bits per heavy atom. The smallest absolute Gasteiger partial charge is 0.180 e. The van der Waals surface area contributed by atoms with Crippen molar-refractivity contribution in [2.24, 2.45) is 5.92 Å². The molecule has 0 saturated heterocycles. The number of hydrogen-bond acceptors (Lipinski definition) is 4. The van der Waals surface area contributed by atoms with Gasteiger partial charge in [0.15, 0.2) is 21.3 Å². The van der Waals surface area contributed by atoms with Crippen LogP contribution in [-0.4, -0.2) is 27.4 Å². The van der Waals surface area contributed by atoms with Crippen LogP contribution in [0.4, 0.5) is 0 Å². The molecule has 6 heteroatoms. The fraction of sp³-hybridized carbons (Fsp3) is 0.571. The van der Waals surface area contributed by atoms with Gasteiger partial charge in [0.05, 0.1) is 15.7 Å². The second kappa shape index (κ2) is 5.45. The lowest BCUT2D eigenvalue weighted by molar-refractivity contribution is 0.171. The third kappa shape index (κ3) is 2.74. The fourth-order valence-corrected chi connectivity index (χ4v) is 5.14. The van der Waals surface area contributed by atoms with E-state index in [1.165, 1.54) is 12.1 Å². The van der Waals surface area contributed by atoms with Gasteiger partial charge >= 0.3 is 0 Å². The van der Waals surface area contributed by atoms with Crippen molar-refractivity contribution in [3.63, 3.8) is 0 Å². The van der Waals surface area contributed by atoms with Crippen LogP contribution in [0.5, 0.6) is 11.5 Å². The number of fused-ring (bicyclic) bond motifs is 1. The zero-order chi connectivity index (χ0) is 14.2. The van der Waals surface area contributed by atoms with Crippen LogP contribution in [0.25, 0.3) is 0 Å². The van der Waals surface area contributed by atoms with Crippen LogP contribution in [0.2, 0.25) is 5.02 Å². The highest BCUT2D eigenvalue weighted by molar-refractivity contribution is 7.91. The number of benzene rings is 1. The monoisotopic (exact) mass is 316 g/mol. The fourth-order valence-electron chi connectivity index (χ4n) is 2.86. The van der Waals surface area contributed by atoms with E-state index in [1.54, 1.807) is 0 Å². The molecule has 0 aromatic heterocycles. The molecule has 0 bridgehead atoms. The van der Waals surface area contributed by atoms with E-state index < -0.39 is 9.84 Å². The molecule has 1 fully saturated rings. The van der Waals surface area contributed by atoms with Gasteiger partial charge in [-0.15, -0.1) is 0 Å². The molecule has 2 aliphatic rings. The minimum absolute atomic E-state index is 0.162. The van der Waals surface area contributed by atoms with Crippen LogP contribution in [0, 0.1) is 5.92 Å². The van der Waals surface area contributed by atoms with Gasteiger partial charge in [-0.25, -0.2) is 8.42 Å². The van der Waals surface area contributed by atoms with Crippen LogP contribution >= 0.6 is 11.6 Å². The lowest BCUT2D eigenvalue weighted by Crippen LogP contribution is -2.18. The highest BCUT2D eigenvalue weighted by Gasteiger charge is 2.28. The van der Waals surface area contributed by atoms with Gasteiger partial charge in [0.25, 0.3) is 0 Å². The van der Waals surface area contributed by atoms with E-state index in [9.17, 15) is 8.42 Å². The van der Waals surface area contributed by atoms with Gasteiger partial charge in [0.2, 0.25) is 0 Å². The average Bonchev–Trinajstić information content (AvgIpc) is 2.90. The van der Waals surface area contributed by atoms with Gasteiger partial charge < -0.3 is 9.47 Å². The summed E-state index contributed by atoms with van der Waals surface area (Å²) < 4.78 is 35.9. The summed E-state index contributed by atoms with van der Waals surface area (Å²) in [6, 6.07) is 3.04. The molecule has 4 nitrogen and oxygen atoms in total. The Morgan fingerprint density at radius 1 is 1.10 bits per heavy atom. The van der Waals surface area contributed by atoms with Crippen molar-refractivity contribution in [1.82, 2.24) is 0 Å². The molecule has 1 heterocycles. The summed E-state index contributed by atoms with van der Waals surface area (Å²) in [6.45, 7) is 0.883. The molecule has 0 N–H and O–H groups in total. The van der Waals surface area contributed by atoms with Crippen LogP contribution in [0.1, 0.15) is 25.7 Å². The second-order valence-electron chi connectivity index (χ2n) is 5.36. The van der Waals surface area contributed by atoms with Crippen molar-refractivity contribution in [1.29, 1.82) is 0 Å². The maximum absolute atomic E-state index is 12.5. The van der Waals surface area contributed by atoms with E-state index in [-0.39, 0.29) is 21.6 Å². The summed E-state index contributed by atoms with van der Waals surface area (Å²) in [7, 11) is -3.38. The lowest BCUT2D eigenvalue weighted by atomic mass is 10.1. The summed E-state index contributed by atoms with van der Waals surface area (Å²) in [5.74, 6) is 1.41. The molecule has 1 saturated carbocycles. The first kappa shape index (κ1) is 14.0. The van der Waals surface area contributed by atoms with Gasteiger partial charge in [-0.3, -0.25) is 0 Å². The molecule has 20 heavy (non-hydrogen) atoms. The maximum atomic E-state index is 12.5. The van der Waals surface area contributed by atoms with Crippen molar-refractivity contribution in [3.8, 4) is 11.5 Å². The van der Waals surface area contributed by atoms with Crippen molar-refractivity contribution < 1.29 is 17.9 Å². The highest BCUT2D eigenvalue weighted by Crippen LogP contribution is 2.38. The molecule has 0 spiro atoms. The van der Waals surface area contributed by atoms with Crippen molar-refractivity contribution >= 4 is 21.4 Å². The molecule has 1 aliphatic heterocycles. The summed E-state index contributed by atoms with van der Waals surface area (Å²) in [5.41, 5.74) is 0. The summed E-state index contributed by atoms with van der Waals surface area (Å²) in [5, 5.41) is 0.215. The third-order valence-electron chi connectivity index (χ3n) is 3.86. The SMILES string of the molecule is O=S(=O)(CC1CCCC1)c1cc2c(cc1Cl)OCCO2. The van der Waals surface area contributed by atoms with Gasteiger partial charge in [-0.1, -0.05) is 24.4 Å². The van der Waals surface area contributed by atoms with E-state index >= 15 is 0 Å². The van der Waals surface area contributed by atoms with Crippen LogP contribution in [-0.2, 0) is 9.84 Å². The minimum Gasteiger partial charge on any atom is -0.486 e. The molecule has 0 atom stereocenters. The molecule has 0 amide bonds. The number of halogens is 1. The van der Waals surface area contributed by atoms with Crippen molar-refractivity contribution in [2.45, 2.75) is 30.6 Å². The molecular weight excluding hydrogens is 300 g/mol. The van der Waals surface area contributed by atoms with Crippen molar-refractivity contribution in [3.05, 3.63) is 17.2 Å². The van der Waals surface area contributed by atoms with E-state index in [0.29, 0.717) is 24.7 Å². The molecule has 1 aromatic rings. The quantitative estimate of drug-likeness (QED) is 0.860. The summed E-state index contributed by atoms with van der Waals surface area (Å²) in [6.07, 6.45) is 4.22. The number of rotatable bonds is 3. The largest absolute Gasteiger partial charge is 0.486 e. The summed E-state index contributed by atoms with van der Waals surface area (Å²) in [4.78, 5) is 0.162. The van der Waals surface area contributed by atoms with Crippen LogP contribution in [0.15, 0.2) is 17.0 Å². The minimum atomic E-state index is -3.38. The molecule has 3 rings (SSSR count). The average molecular weight is 317 g/mol. The maximum Gasteiger partial charge on any atom is 0.180 e. The van der Waals surface area contributed by atoms with Crippen LogP contribution < -0.4 is 9.47 Å². The third-order valence-corrected chi connectivity index (χ3v) is 6.20. The van der Waals surface area contributed by atoms with Gasteiger partial charge in [-0.2, -0.15) is 0 Å². The van der Waals surface area contributed by atoms with E-state index in [1.807, 2.05) is 0 Å². The Labute approximate surface area is 123 Å². The Morgan fingerprint density at radius 2 is 1.70 bits per heavy atom. The molecule has 1 aromatic carbocycles. The lowest BCUT2D eigenvalue weighted by Gasteiger charge is -2.20. The van der Waals surface area contributed by atoms with Crippen molar-refractivity contribution in [2.75, 3.05) is 19.0 Å². The zero-order valence-corrected chi connectivity index (χ0v) is 12.7. The zero-order valence-electron chi connectivity index (χ0n) is 11.1. The molecule has 110 valence electrons. The van der Waals surface area contributed by atoms with Crippen LogP contribution in [0.3, 0.4) is 0 Å². The topological polar surface area (TPSA) is 52.6 Å². The molecule has 1 aliphatic carbocycles. The Balaban J connectivity index is 1.92. The number of hydrogen-bond donors (Lipinski definition) is 0. The first-order valence-corrected chi connectivity index (χ1v) is 8.91. The van der Waals surface area contributed by atoms with Gasteiger partial charge in [-0.05, 0) is 18.8 Å². The Hall–Kier alpha value is -0.940. The van der Waals surface area contributed by atoms with Gasteiger partial charge in [0, 0.05) is 12.1 Å². The first-order valence-electron chi connectivity index (χ1n) is 6.88. The predicted molar refractivity (Wildman–Crippen MR) is 76.5 cm³/mol. The standard InChI is InChI=1S/C14H17ClO4S/c15-11-7-12-13(19-6-5-18-12)8-14(11)20(16,17)9-10-3-1-2-4-10/h7-8,10H,1-6,9H2. The second-order valence-corrected chi connectivity index (χ2v) is 7.77. The van der Waals surface area contributed by atoms with E-state index in [4.69, 9.17) is 21.1 Å². The summed E-state index contributed by atoms with van der Waals surface area (Å²) >= 11 is 6.12. The highest BCUT2D eigenvalue weighted by atomic mass is 35.5. The number of ether oxygens (including phenoxy) is 2. The molecular formula is C14H17ClO4S. The first-order chi connectivity index (χ1) is 9.56. The predicted octanol–water partition coefficient (Wildman–Crippen LogP) is 3.08. The number of sulfone groups is 1. The molecule has 0 unspecified atom stereocenters. The van der Waals surface area contributed by atoms with E-state index in [2.05, 4.69) is 0 Å². The van der Waals surface area contributed by atoms with Gasteiger partial charge in [0.1, 0.15) is 13.2 Å². The Kier molecular flexibility index (Phi) is 3.82. The molecule has 0 radical (unpaired) electrons. The Bertz CT molecular complexity index is 606. The van der Waals surface area contributed by atoms with E-state index in [0.717, 1.165) is 25.7 Å².